The normalized spacial score (nSPS) is 11.9. The average molecular weight is 331 g/mol. The van der Waals surface area contributed by atoms with E-state index in [0.29, 0.717) is 23.6 Å². The lowest BCUT2D eigenvalue weighted by atomic mass is 10.2. The Hall–Kier alpha value is -2.41. The molecule has 2 aromatic heterocycles. The molecule has 6 nitrogen and oxygen atoms in total. The SMILES string of the molecule is Cc1ccc(S(=O)(=O)CCCn2c(=O)ccn3ccnc23)cc1. The Morgan fingerprint density at radius 2 is 1.83 bits per heavy atom. The Kier molecular flexibility index (Phi) is 4.04. The number of fused-ring (bicyclic) bond motifs is 1. The van der Waals surface area contributed by atoms with E-state index in [0.717, 1.165) is 5.56 Å². The van der Waals surface area contributed by atoms with Crippen molar-refractivity contribution in [1.82, 2.24) is 14.0 Å². The second kappa shape index (κ2) is 6.00. The molecule has 3 aromatic rings. The Balaban J connectivity index is 1.76. The highest BCUT2D eigenvalue weighted by Crippen LogP contribution is 2.13. The van der Waals surface area contributed by atoms with E-state index in [-0.39, 0.29) is 11.3 Å². The van der Waals surface area contributed by atoms with Crippen LogP contribution in [0.5, 0.6) is 0 Å². The quantitative estimate of drug-likeness (QED) is 0.713. The van der Waals surface area contributed by atoms with Crippen molar-refractivity contribution in [3.8, 4) is 0 Å². The van der Waals surface area contributed by atoms with Crippen LogP contribution in [0.2, 0.25) is 0 Å². The molecule has 0 saturated heterocycles. The van der Waals surface area contributed by atoms with Gasteiger partial charge in [0, 0.05) is 31.2 Å². The molecule has 120 valence electrons. The second-order valence-corrected chi connectivity index (χ2v) is 7.53. The third-order valence-corrected chi connectivity index (χ3v) is 5.52. The molecule has 0 aliphatic heterocycles. The summed E-state index contributed by atoms with van der Waals surface area (Å²) in [6.07, 6.45) is 5.34. The summed E-state index contributed by atoms with van der Waals surface area (Å²) in [7, 11) is -3.34. The average Bonchev–Trinajstić information content (AvgIpc) is 2.98. The summed E-state index contributed by atoms with van der Waals surface area (Å²) in [5.74, 6) is 0.509. The van der Waals surface area contributed by atoms with E-state index in [1.165, 1.54) is 10.6 Å². The lowest BCUT2D eigenvalue weighted by molar-refractivity contribution is 0.584. The summed E-state index contributed by atoms with van der Waals surface area (Å²) in [4.78, 5) is 16.4. The number of aryl methyl sites for hydroxylation is 2. The first kappa shape index (κ1) is 15.5. The Morgan fingerprint density at radius 3 is 2.57 bits per heavy atom. The molecule has 0 fully saturated rings. The summed E-state index contributed by atoms with van der Waals surface area (Å²) >= 11 is 0. The highest BCUT2D eigenvalue weighted by Gasteiger charge is 2.14. The number of hydrogen-bond donors (Lipinski definition) is 0. The highest BCUT2D eigenvalue weighted by molar-refractivity contribution is 7.91. The van der Waals surface area contributed by atoms with E-state index in [1.54, 1.807) is 47.3 Å². The van der Waals surface area contributed by atoms with Crippen molar-refractivity contribution in [2.45, 2.75) is 24.8 Å². The maximum atomic E-state index is 12.3. The number of aromatic nitrogens is 3. The molecule has 2 heterocycles. The molecule has 0 aliphatic carbocycles. The van der Waals surface area contributed by atoms with Gasteiger partial charge in [0.15, 0.2) is 9.84 Å². The molecular formula is C16H17N3O3S. The van der Waals surface area contributed by atoms with Crippen LogP contribution in [-0.4, -0.2) is 28.1 Å². The van der Waals surface area contributed by atoms with E-state index in [2.05, 4.69) is 4.98 Å². The largest absolute Gasteiger partial charge is 0.292 e. The molecule has 0 spiro atoms. The standard InChI is InChI=1S/C16H17N3O3S/c1-13-3-5-14(6-4-13)23(21,22)12-2-9-19-15(20)7-10-18-11-8-17-16(18)19/h3-8,10-11H,2,9,12H2,1H3. The van der Waals surface area contributed by atoms with Gasteiger partial charge in [0.05, 0.1) is 10.6 Å². The molecule has 7 heteroatoms. The number of rotatable bonds is 5. The molecule has 1 aromatic carbocycles. The maximum absolute atomic E-state index is 12.3. The fourth-order valence-electron chi connectivity index (χ4n) is 2.45. The smallest absolute Gasteiger partial charge is 0.254 e. The summed E-state index contributed by atoms with van der Waals surface area (Å²) in [5, 5.41) is 0. The molecule has 3 rings (SSSR count). The van der Waals surface area contributed by atoms with E-state index < -0.39 is 9.84 Å². The van der Waals surface area contributed by atoms with Crippen molar-refractivity contribution in [2.75, 3.05) is 5.75 Å². The number of hydrogen-bond acceptors (Lipinski definition) is 4. The van der Waals surface area contributed by atoms with Gasteiger partial charge in [-0.2, -0.15) is 0 Å². The van der Waals surface area contributed by atoms with Crippen LogP contribution in [-0.2, 0) is 16.4 Å². The van der Waals surface area contributed by atoms with Crippen LogP contribution in [0.25, 0.3) is 5.78 Å². The summed E-state index contributed by atoms with van der Waals surface area (Å²) in [6, 6.07) is 8.24. The lowest BCUT2D eigenvalue weighted by Crippen LogP contribution is -2.22. The zero-order chi connectivity index (χ0) is 16.4. The zero-order valence-electron chi connectivity index (χ0n) is 12.7. The molecule has 23 heavy (non-hydrogen) atoms. The summed E-state index contributed by atoms with van der Waals surface area (Å²) in [5.41, 5.74) is 0.831. The zero-order valence-corrected chi connectivity index (χ0v) is 13.5. The predicted molar refractivity (Wildman–Crippen MR) is 87.3 cm³/mol. The second-order valence-electron chi connectivity index (χ2n) is 5.43. The van der Waals surface area contributed by atoms with Crippen molar-refractivity contribution >= 4 is 15.6 Å². The topological polar surface area (TPSA) is 73.4 Å². The minimum Gasteiger partial charge on any atom is -0.292 e. The van der Waals surface area contributed by atoms with E-state index in [1.807, 2.05) is 6.92 Å². The van der Waals surface area contributed by atoms with Gasteiger partial charge in [0.2, 0.25) is 5.78 Å². The summed E-state index contributed by atoms with van der Waals surface area (Å²) < 4.78 is 27.9. The van der Waals surface area contributed by atoms with Crippen molar-refractivity contribution in [3.05, 3.63) is 64.8 Å². The lowest BCUT2D eigenvalue weighted by Gasteiger charge is -2.08. The fourth-order valence-corrected chi connectivity index (χ4v) is 3.75. The number of imidazole rings is 1. The first-order valence-electron chi connectivity index (χ1n) is 7.29. The molecule has 0 aliphatic rings. The molecular weight excluding hydrogens is 314 g/mol. The molecule has 0 atom stereocenters. The van der Waals surface area contributed by atoms with E-state index in [9.17, 15) is 13.2 Å². The highest BCUT2D eigenvalue weighted by atomic mass is 32.2. The minimum atomic E-state index is -3.34. The van der Waals surface area contributed by atoms with E-state index in [4.69, 9.17) is 0 Å². The van der Waals surface area contributed by atoms with Gasteiger partial charge in [-0.25, -0.2) is 13.4 Å². The molecule has 0 radical (unpaired) electrons. The third kappa shape index (κ3) is 3.19. The van der Waals surface area contributed by atoms with Crippen LogP contribution in [0.15, 0.2) is 58.6 Å². The van der Waals surface area contributed by atoms with Crippen molar-refractivity contribution < 1.29 is 8.42 Å². The monoisotopic (exact) mass is 331 g/mol. The third-order valence-electron chi connectivity index (χ3n) is 3.71. The van der Waals surface area contributed by atoms with Crippen LogP contribution in [0.3, 0.4) is 0 Å². The van der Waals surface area contributed by atoms with Gasteiger partial charge < -0.3 is 0 Å². The Bertz CT molecular complexity index is 985. The number of benzene rings is 1. The van der Waals surface area contributed by atoms with Crippen LogP contribution in [0, 0.1) is 6.92 Å². The van der Waals surface area contributed by atoms with Crippen molar-refractivity contribution in [1.29, 1.82) is 0 Å². The van der Waals surface area contributed by atoms with Crippen LogP contribution >= 0.6 is 0 Å². The minimum absolute atomic E-state index is 0.00966. The van der Waals surface area contributed by atoms with Gasteiger partial charge in [-0.05, 0) is 25.5 Å². The Morgan fingerprint density at radius 1 is 1.09 bits per heavy atom. The van der Waals surface area contributed by atoms with Gasteiger partial charge >= 0.3 is 0 Å². The van der Waals surface area contributed by atoms with Crippen molar-refractivity contribution in [2.24, 2.45) is 0 Å². The molecule has 0 unspecified atom stereocenters. The van der Waals surface area contributed by atoms with Gasteiger partial charge in [-0.15, -0.1) is 0 Å². The van der Waals surface area contributed by atoms with Crippen LogP contribution in [0.4, 0.5) is 0 Å². The summed E-state index contributed by atoms with van der Waals surface area (Å²) in [6.45, 7) is 2.22. The van der Waals surface area contributed by atoms with Gasteiger partial charge in [0.1, 0.15) is 0 Å². The predicted octanol–water partition coefficient (Wildman–Crippen LogP) is 1.67. The fraction of sp³-hybridized carbons (Fsp3) is 0.250. The van der Waals surface area contributed by atoms with Gasteiger partial charge in [-0.3, -0.25) is 13.8 Å². The Labute approximate surface area is 134 Å². The number of sulfone groups is 1. The van der Waals surface area contributed by atoms with Gasteiger partial charge in [-0.1, -0.05) is 17.7 Å². The maximum Gasteiger partial charge on any atom is 0.254 e. The van der Waals surface area contributed by atoms with E-state index >= 15 is 0 Å². The molecule has 0 amide bonds. The number of nitrogens with zero attached hydrogens (tertiary/aromatic N) is 3. The first-order valence-corrected chi connectivity index (χ1v) is 8.94. The van der Waals surface area contributed by atoms with Crippen LogP contribution in [0.1, 0.15) is 12.0 Å². The van der Waals surface area contributed by atoms with Crippen LogP contribution < -0.4 is 5.56 Å². The molecule has 0 saturated carbocycles. The first-order chi connectivity index (χ1) is 11.0. The molecule has 0 bridgehead atoms. The molecule has 0 N–H and O–H groups in total. The van der Waals surface area contributed by atoms with Gasteiger partial charge in [0.25, 0.3) is 5.56 Å². The van der Waals surface area contributed by atoms with Crippen molar-refractivity contribution in [3.63, 3.8) is 0 Å².